The molecule has 0 saturated heterocycles. The number of nitrogens with one attached hydrogen (secondary N) is 1. The molecule has 0 fully saturated rings. The zero-order valence-electron chi connectivity index (χ0n) is 10.7. The minimum Gasteiger partial charge on any atom is -0.476 e. The third-order valence-corrected chi connectivity index (χ3v) is 4.57. The van der Waals surface area contributed by atoms with Crippen molar-refractivity contribution in [2.75, 3.05) is 5.32 Å². The second-order valence-electron chi connectivity index (χ2n) is 4.16. The minimum atomic E-state index is -1.06. The molecular formula is C12H10IN3O4S. The van der Waals surface area contributed by atoms with Crippen LogP contribution in [-0.4, -0.2) is 21.0 Å². The maximum absolute atomic E-state index is 10.8. The highest BCUT2D eigenvalue weighted by Crippen LogP contribution is 2.28. The number of nitro groups is 1. The van der Waals surface area contributed by atoms with Crippen molar-refractivity contribution in [3.05, 3.63) is 48.0 Å². The van der Waals surface area contributed by atoms with Gasteiger partial charge in [-0.1, -0.05) is 0 Å². The number of anilines is 1. The number of nitro benzene ring substituents is 1. The number of carboxylic acids is 1. The van der Waals surface area contributed by atoms with Gasteiger partial charge in [-0.25, -0.2) is 9.78 Å². The van der Waals surface area contributed by atoms with Gasteiger partial charge in [0, 0.05) is 26.8 Å². The number of halogens is 1. The Morgan fingerprint density at radius 3 is 2.81 bits per heavy atom. The van der Waals surface area contributed by atoms with Crippen LogP contribution in [0.2, 0.25) is 0 Å². The van der Waals surface area contributed by atoms with E-state index >= 15 is 0 Å². The van der Waals surface area contributed by atoms with E-state index in [2.05, 4.69) is 10.3 Å². The van der Waals surface area contributed by atoms with Gasteiger partial charge in [-0.15, -0.1) is 11.3 Å². The average Bonchev–Trinajstić information content (AvgIpc) is 2.90. The van der Waals surface area contributed by atoms with Gasteiger partial charge in [-0.05, 0) is 35.6 Å². The summed E-state index contributed by atoms with van der Waals surface area (Å²) in [5.41, 5.74) is 0.780. The average molecular weight is 419 g/mol. The van der Waals surface area contributed by atoms with Crippen LogP contribution in [0, 0.1) is 13.7 Å². The predicted molar refractivity (Wildman–Crippen MR) is 86.9 cm³/mol. The summed E-state index contributed by atoms with van der Waals surface area (Å²) < 4.78 is 0.712. The SMILES string of the molecule is CC(Nc1ccc([N+](=O)[O-])cc1I)c1nc(C(=O)O)cs1. The van der Waals surface area contributed by atoms with E-state index in [-0.39, 0.29) is 17.4 Å². The molecule has 0 aliphatic heterocycles. The number of benzene rings is 1. The first-order valence-electron chi connectivity index (χ1n) is 5.77. The van der Waals surface area contributed by atoms with Crippen molar-refractivity contribution in [1.29, 1.82) is 0 Å². The number of hydrogen-bond donors (Lipinski definition) is 2. The lowest BCUT2D eigenvalue weighted by Crippen LogP contribution is -2.08. The summed E-state index contributed by atoms with van der Waals surface area (Å²) >= 11 is 3.26. The van der Waals surface area contributed by atoms with Crippen LogP contribution < -0.4 is 5.32 Å². The van der Waals surface area contributed by atoms with Gasteiger partial charge in [0.15, 0.2) is 5.69 Å². The molecule has 7 nitrogen and oxygen atoms in total. The Morgan fingerprint density at radius 2 is 2.29 bits per heavy atom. The van der Waals surface area contributed by atoms with E-state index in [4.69, 9.17) is 5.11 Å². The number of thiazole rings is 1. The molecule has 0 aliphatic rings. The third-order valence-electron chi connectivity index (χ3n) is 2.65. The first kappa shape index (κ1) is 15.6. The fourth-order valence-corrected chi connectivity index (χ4v) is 3.07. The Balaban J connectivity index is 2.17. The molecule has 2 rings (SSSR count). The fourth-order valence-electron chi connectivity index (χ4n) is 1.61. The van der Waals surface area contributed by atoms with Gasteiger partial charge < -0.3 is 10.4 Å². The maximum Gasteiger partial charge on any atom is 0.355 e. The Hall–Kier alpha value is -1.75. The summed E-state index contributed by atoms with van der Waals surface area (Å²) in [5.74, 6) is -1.06. The zero-order valence-corrected chi connectivity index (χ0v) is 13.7. The summed E-state index contributed by atoms with van der Waals surface area (Å²) in [6.07, 6.45) is 0. The van der Waals surface area contributed by atoms with Crippen LogP contribution in [-0.2, 0) is 0 Å². The van der Waals surface area contributed by atoms with Gasteiger partial charge in [0.1, 0.15) is 5.01 Å². The van der Waals surface area contributed by atoms with Gasteiger partial charge in [0.2, 0.25) is 0 Å². The van der Waals surface area contributed by atoms with Crippen molar-refractivity contribution < 1.29 is 14.8 Å². The van der Waals surface area contributed by atoms with E-state index in [1.54, 1.807) is 6.07 Å². The molecule has 1 heterocycles. The topological polar surface area (TPSA) is 105 Å². The second kappa shape index (κ2) is 6.35. The molecule has 1 atom stereocenters. The smallest absolute Gasteiger partial charge is 0.355 e. The molecule has 110 valence electrons. The maximum atomic E-state index is 10.8. The van der Waals surface area contributed by atoms with Crippen molar-refractivity contribution in [2.24, 2.45) is 0 Å². The number of carbonyl (C=O) groups is 1. The van der Waals surface area contributed by atoms with Gasteiger partial charge in [0.25, 0.3) is 5.69 Å². The summed E-state index contributed by atoms with van der Waals surface area (Å²) in [4.78, 5) is 25.1. The highest BCUT2D eigenvalue weighted by atomic mass is 127. The molecule has 1 aromatic heterocycles. The Bertz CT molecular complexity index is 704. The molecule has 0 aliphatic carbocycles. The standard InChI is InChI=1S/C12H10IN3O4S/c1-6(11-15-10(5-21-11)12(17)18)14-9-3-2-7(16(19)20)4-8(9)13/h2-6,14H,1H3,(H,17,18). The normalized spacial score (nSPS) is 11.9. The summed E-state index contributed by atoms with van der Waals surface area (Å²) in [6.45, 7) is 1.85. The van der Waals surface area contributed by atoms with Crippen LogP contribution in [0.25, 0.3) is 0 Å². The predicted octanol–water partition coefficient (Wildman–Crippen LogP) is 3.53. The molecular weight excluding hydrogens is 409 g/mol. The summed E-state index contributed by atoms with van der Waals surface area (Å²) in [7, 11) is 0. The van der Waals surface area contributed by atoms with Crippen molar-refractivity contribution in [2.45, 2.75) is 13.0 Å². The van der Waals surface area contributed by atoms with E-state index in [9.17, 15) is 14.9 Å². The molecule has 9 heteroatoms. The number of nitrogens with zero attached hydrogens (tertiary/aromatic N) is 2. The summed E-state index contributed by atoms with van der Waals surface area (Å²) in [6, 6.07) is 4.32. The molecule has 21 heavy (non-hydrogen) atoms. The monoisotopic (exact) mass is 419 g/mol. The molecule has 0 bridgehead atoms. The molecule has 0 saturated carbocycles. The molecule has 1 aromatic carbocycles. The molecule has 1 unspecified atom stereocenters. The highest BCUT2D eigenvalue weighted by Gasteiger charge is 2.16. The molecule has 2 N–H and O–H groups in total. The number of hydrogen-bond acceptors (Lipinski definition) is 6. The van der Waals surface area contributed by atoms with Gasteiger partial charge in [-0.2, -0.15) is 0 Å². The Labute approximate surface area is 137 Å². The largest absolute Gasteiger partial charge is 0.476 e. The zero-order chi connectivity index (χ0) is 15.6. The van der Waals surface area contributed by atoms with E-state index in [1.165, 1.54) is 28.8 Å². The molecule has 2 aromatic rings. The van der Waals surface area contributed by atoms with Crippen molar-refractivity contribution >= 4 is 51.3 Å². The van der Waals surface area contributed by atoms with E-state index < -0.39 is 10.9 Å². The lowest BCUT2D eigenvalue weighted by Gasteiger charge is -2.14. The lowest BCUT2D eigenvalue weighted by atomic mass is 10.2. The van der Waals surface area contributed by atoms with Crippen LogP contribution in [0.4, 0.5) is 11.4 Å². The van der Waals surface area contributed by atoms with Gasteiger partial charge in [0.05, 0.1) is 11.0 Å². The van der Waals surface area contributed by atoms with Crippen molar-refractivity contribution in [1.82, 2.24) is 4.98 Å². The third kappa shape index (κ3) is 3.67. The van der Waals surface area contributed by atoms with E-state index in [0.29, 0.717) is 8.58 Å². The number of rotatable bonds is 5. The van der Waals surface area contributed by atoms with Gasteiger partial charge in [-0.3, -0.25) is 10.1 Å². The Kier molecular flexibility index (Phi) is 4.73. The molecule has 0 spiro atoms. The number of carboxylic acid groups (broad SMARTS) is 1. The second-order valence-corrected chi connectivity index (χ2v) is 6.22. The van der Waals surface area contributed by atoms with Crippen molar-refractivity contribution in [3.8, 4) is 0 Å². The highest BCUT2D eigenvalue weighted by molar-refractivity contribution is 14.1. The number of aromatic nitrogens is 1. The number of aromatic carboxylic acids is 1. The molecule has 0 amide bonds. The first-order chi connectivity index (χ1) is 9.88. The first-order valence-corrected chi connectivity index (χ1v) is 7.73. The van der Waals surface area contributed by atoms with Crippen LogP contribution >= 0.6 is 33.9 Å². The van der Waals surface area contributed by atoms with E-state index in [1.807, 2.05) is 29.5 Å². The van der Waals surface area contributed by atoms with E-state index in [0.717, 1.165) is 5.69 Å². The van der Waals surface area contributed by atoms with Crippen LogP contribution in [0.3, 0.4) is 0 Å². The van der Waals surface area contributed by atoms with Gasteiger partial charge >= 0.3 is 5.97 Å². The minimum absolute atomic E-state index is 0.0158. The lowest BCUT2D eigenvalue weighted by molar-refractivity contribution is -0.384. The molecule has 0 radical (unpaired) electrons. The Morgan fingerprint density at radius 1 is 1.57 bits per heavy atom. The number of non-ortho nitro benzene ring substituents is 1. The quantitative estimate of drug-likeness (QED) is 0.437. The van der Waals surface area contributed by atoms with Crippen LogP contribution in [0.15, 0.2) is 23.6 Å². The summed E-state index contributed by atoms with van der Waals surface area (Å²) in [5, 5.41) is 24.8. The van der Waals surface area contributed by atoms with Crippen LogP contribution in [0.1, 0.15) is 28.5 Å². The van der Waals surface area contributed by atoms with Crippen molar-refractivity contribution in [3.63, 3.8) is 0 Å². The van der Waals surface area contributed by atoms with Crippen LogP contribution in [0.5, 0.6) is 0 Å². The fraction of sp³-hybridized carbons (Fsp3) is 0.167.